The van der Waals surface area contributed by atoms with Gasteiger partial charge in [-0.25, -0.2) is 13.2 Å². The first-order valence-electron chi connectivity index (χ1n) is 5.08. The van der Waals surface area contributed by atoms with Gasteiger partial charge in [0.2, 0.25) is 0 Å². The molecule has 0 aliphatic heterocycles. The van der Waals surface area contributed by atoms with E-state index in [2.05, 4.69) is 0 Å². The average molecular weight is 277 g/mol. The van der Waals surface area contributed by atoms with E-state index in [-0.39, 0.29) is 10.5 Å². The van der Waals surface area contributed by atoms with Crippen LogP contribution in [0.3, 0.4) is 0 Å². The first-order valence-corrected chi connectivity index (χ1v) is 7.39. The number of halogens is 1. The second-order valence-corrected chi connectivity index (χ2v) is 6.30. The van der Waals surface area contributed by atoms with Crippen LogP contribution in [-0.2, 0) is 15.5 Å². The zero-order valence-corrected chi connectivity index (χ0v) is 11.1. The zero-order chi connectivity index (χ0) is 13.2. The number of carboxylic acid groups (broad SMARTS) is 1. The summed E-state index contributed by atoms with van der Waals surface area (Å²) in [6.45, 7) is 3.54. The number of carboxylic acids is 1. The summed E-state index contributed by atoms with van der Waals surface area (Å²) in [4.78, 5) is 10.8. The van der Waals surface area contributed by atoms with Gasteiger partial charge in [0.25, 0.3) is 9.05 Å². The second-order valence-electron chi connectivity index (χ2n) is 3.77. The molecule has 0 fully saturated rings. The molecule has 0 atom stereocenters. The van der Waals surface area contributed by atoms with Gasteiger partial charge in [0.05, 0.1) is 10.5 Å². The Labute approximate surface area is 105 Å². The van der Waals surface area contributed by atoms with Gasteiger partial charge in [-0.15, -0.1) is 0 Å². The molecule has 0 amide bonds. The smallest absolute Gasteiger partial charge is 0.335 e. The van der Waals surface area contributed by atoms with Gasteiger partial charge in [-0.1, -0.05) is 19.4 Å². The third kappa shape index (κ3) is 3.20. The third-order valence-corrected chi connectivity index (χ3v) is 3.82. The van der Waals surface area contributed by atoms with Crippen LogP contribution in [0.25, 0.3) is 0 Å². The minimum absolute atomic E-state index is 0.0379. The van der Waals surface area contributed by atoms with Gasteiger partial charge in [-0.05, 0) is 30.5 Å². The first-order chi connectivity index (χ1) is 7.77. The van der Waals surface area contributed by atoms with Crippen LogP contribution in [0.1, 0.15) is 34.8 Å². The summed E-state index contributed by atoms with van der Waals surface area (Å²) in [6, 6.07) is 2.70. The van der Waals surface area contributed by atoms with E-state index >= 15 is 0 Å². The molecule has 0 aliphatic carbocycles. The molecule has 1 aromatic carbocycles. The molecule has 0 heterocycles. The van der Waals surface area contributed by atoms with Crippen LogP contribution in [0.5, 0.6) is 0 Å². The summed E-state index contributed by atoms with van der Waals surface area (Å²) in [5.41, 5.74) is 1.05. The van der Waals surface area contributed by atoms with Crippen LogP contribution in [0.4, 0.5) is 0 Å². The van der Waals surface area contributed by atoms with Crippen LogP contribution in [0.2, 0.25) is 0 Å². The van der Waals surface area contributed by atoms with E-state index in [0.717, 1.165) is 12.5 Å². The summed E-state index contributed by atoms with van der Waals surface area (Å²) in [6.07, 6.45) is 1.30. The van der Waals surface area contributed by atoms with Gasteiger partial charge < -0.3 is 5.11 Å². The Kier molecular flexibility index (Phi) is 4.16. The van der Waals surface area contributed by atoms with Gasteiger partial charge in [0.1, 0.15) is 0 Å². The highest BCUT2D eigenvalue weighted by Crippen LogP contribution is 2.25. The summed E-state index contributed by atoms with van der Waals surface area (Å²) < 4.78 is 22.8. The van der Waals surface area contributed by atoms with Crippen molar-refractivity contribution in [2.75, 3.05) is 0 Å². The Morgan fingerprint density at radius 1 is 1.41 bits per heavy atom. The first kappa shape index (κ1) is 14.0. The van der Waals surface area contributed by atoms with Gasteiger partial charge in [0.15, 0.2) is 0 Å². The molecule has 4 nitrogen and oxygen atoms in total. The third-order valence-electron chi connectivity index (χ3n) is 2.42. The van der Waals surface area contributed by atoms with E-state index in [4.69, 9.17) is 15.8 Å². The lowest BCUT2D eigenvalue weighted by Crippen LogP contribution is -2.06. The number of aryl methyl sites for hydroxylation is 2. The lowest BCUT2D eigenvalue weighted by Gasteiger charge is -2.09. The Bertz CT molecular complexity index is 549. The highest BCUT2D eigenvalue weighted by Gasteiger charge is 2.19. The highest BCUT2D eigenvalue weighted by atomic mass is 35.7. The van der Waals surface area contributed by atoms with Crippen LogP contribution in [0.15, 0.2) is 17.0 Å². The molecule has 0 aromatic heterocycles. The number of aromatic carboxylic acids is 1. The minimum Gasteiger partial charge on any atom is -0.478 e. The van der Waals surface area contributed by atoms with Gasteiger partial charge >= 0.3 is 5.97 Å². The molecule has 0 bridgehead atoms. The fourth-order valence-electron chi connectivity index (χ4n) is 1.67. The molecule has 17 heavy (non-hydrogen) atoms. The average Bonchev–Trinajstić information content (AvgIpc) is 2.15. The van der Waals surface area contributed by atoms with Crippen molar-refractivity contribution in [2.45, 2.75) is 31.6 Å². The molecule has 1 aromatic rings. The molecular weight excluding hydrogens is 264 g/mol. The molecule has 0 spiro atoms. The van der Waals surface area contributed by atoms with E-state index < -0.39 is 15.0 Å². The summed E-state index contributed by atoms with van der Waals surface area (Å²) in [5.74, 6) is -1.16. The van der Waals surface area contributed by atoms with E-state index in [9.17, 15) is 13.2 Å². The number of benzene rings is 1. The van der Waals surface area contributed by atoms with Crippen molar-refractivity contribution in [1.82, 2.24) is 0 Å². The number of hydrogen-bond donors (Lipinski definition) is 1. The Hall–Kier alpha value is -1.07. The maximum Gasteiger partial charge on any atom is 0.335 e. The van der Waals surface area contributed by atoms with Gasteiger partial charge in [-0.2, -0.15) is 0 Å². The quantitative estimate of drug-likeness (QED) is 0.858. The standard InChI is InChI=1S/C11H13ClO4S/c1-3-4-8-5-7(2)9(11(13)14)6-10(8)17(12,15)16/h5-6H,3-4H2,1-2H3,(H,13,14). The summed E-state index contributed by atoms with van der Waals surface area (Å²) in [5, 5.41) is 8.94. The zero-order valence-electron chi connectivity index (χ0n) is 9.53. The predicted octanol–water partition coefficient (Wildman–Crippen LogP) is 2.57. The minimum atomic E-state index is -3.92. The maximum atomic E-state index is 11.4. The van der Waals surface area contributed by atoms with E-state index in [1.165, 1.54) is 0 Å². The Balaban J connectivity index is 3.53. The van der Waals surface area contributed by atoms with E-state index in [1.807, 2.05) is 6.92 Å². The fraction of sp³-hybridized carbons (Fsp3) is 0.364. The number of rotatable bonds is 4. The topological polar surface area (TPSA) is 71.4 Å². The van der Waals surface area contributed by atoms with Gasteiger partial charge in [0, 0.05) is 10.7 Å². The normalized spacial score (nSPS) is 11.5. The molecule has 0 saturated heterocycles. The van der Waals surface area contributed by atoms with Crippen LogP contribution >= 0.6 is 10.7 Å². The molecule has 1 rings (SSSR count). The van der Waals surface area contributed by atoms with Crippen LogP contribution in [-0.4, -0.2) is 19.5 Å². The molecule has 1 N–H and O–H groups in total. The lowest BCUT2D eigenvalue weighted by molar-refractivity contribution is 0.0696. The van der Waals surface area contributed by atoms with Crippen molar-refractivity contribution < 1.29 is 18.3 Å². The predicted molar refractivity (Wildman–Crippen MR) is 65.2 cm³/mol. The van der Waals surface area contributed by atoms with Gasteiger partial charge in [-0.3, -0.25) is 0 Å². The van der Waals surface area contributed by atoms with Crippen molar-refractivity contribution in [3.8, 4) is 0 Å². The van der Waals surface area contributed by atoms with Crippen molar-refractivity contribution in [2.24, 2.45) is 0 Å². The molecule has 0 aliphatic rings. The monoisotopic (exact) mass is 276 g/mol. The van der Waals surface area contributed by atoms with Crippen molar-refractivity contribution in [3.05, 3.63) is 28.8 Å². The highest BCUT2D eigenvalue weighted by molar-refractivity contribution is 8.13. The van der Waals surface area contributed by atoms with E-state index in [1.54, 1.807) is 13.0 Å². The summed E-state index contributed by atoms with van der Waals surface area (Å²) in [7, 11) is 1.39. The Morgan fingerprint density at radius 2 is 2.00 bits per heavy atom. The number of carbonyl (C=O) groups is 1. The second kappa shape index (κ2) is 5.06. The van der Waals surface area contributed by atoms with Crippen molar-refractivity contribution >= 4 is 25.7 Å². The van der Waals surface area contributed by atoms with Crippen LogP contribution in [0, 0.1) is 6.92 Å². The molecule has 94 valence electrons. The van der Waals surface area contributed by atoms with Crippen LogP contribution < -0.4 is 0 Å². The molecule has 6 heteroatoms. The molecule has 0 radical (unpaired) electrons. The SMILES string of the molecule is CCCc1cc(C)c(C(=O)O)cc1S(=O)(=O)Cl. The van der Waals surface area contributed by atoms with Crippen molar-refractivity contribution in [1.29, 1.82) is 0 Å². The maximum absolute atomic E-state index is 11.4. The largest absolute Gasteiger partial charge is 0.478 e. The Morgan fingerprint density at radius 3 is 2.41 bits per heavy atom. The molecule has 0 saturated carbocycles. The van der Waals surface area contributed by atoms with Crippen molar-refractivity contribution in [3.63, 3.8) is 0 Å². The molecule has 0 unspecified atom stereocenters. The lowest BCUT2D eigenvalue weighted by atomic mass is 10.0. The molecular formula is C11H13ClO4S. The summed E-state index contributed by atoms with van der Waals surface area (Å²) >= 11 is 0. The van der Waals surface area contributed by atoms with E-state index in [0.29, 0.717) is 17.5 Å². The fourth-order valence-corrected chi connectivity index (χ4v) is 2.83. The number of hydrogen-bond acceptors (Lipinski definition) is 3.